The van der Waals surface area contributed by atoms with E-state index in [2.05, 4.69) is 0 Å². The van der Waals surface area contributed by atoms with E-state index >= 15 is 0 Å². The van der Waals surface area contributed by atoms with Crippen LogP contribution in [0, 0.1) is 0 Å². The molecule has 1 atom stereocenters. The smallest absolute Gasteiger partial charge is 0.257 e. The molecule has 1 rings (SSSR count). The average Bonchev–Trinajstić information content (AvgIpc) is 2.17. The Morgan fingerprint density at radius 3 is 2.07 bits per heavy atom. The molecule has 14 heavy (non-hydrogen) atoms. The number of hydrogen-bond acceptors (Lipinski definition) is 2. The van der Waals surface area contributed by atoms with Gasteiger partial charge < -0.3 is 10.5 Å². The highest BCUT2D eigenvalue weighted by atomic mass is 35.5. The maximum atomic E-state index is 12.1. The summed E-state index contributed by atoms with van der Waals surface area (Å²) in [4.78, 5) is 0. The van der Waals surface area contributed by atoms with Gasteiger partial charge in [-0.1, -0.05) is 12.1 Å². The molecule has 0 saturated heterocycles. The first kappa shape index (κ1) is 13.1. The van der Waals surface area contributed by atoms with E-state index in [4.69, 9.17) is 10.5 Å². The predicted molar refractivity (Wildman–Crippen MR) is 53.2 cm³/mol. The molecular weight excluding hydrogens is 212 g/mol. The van der Waals surface area contributed by atoms with Crippen LogP contribution in [0.4, 0.5) is 8.78 Å². The first-order valence-corrected chi connectivity index (χ1v) is 3.83. The minimum absolute atomic E-state index is 0. The van der Waals surface area contributed by atoms with Crippen LogP contribution in [0.2, 0.25) is 0 Å². The zero-order chi connectivity index (χ0) is 9.84. The Kier molecular flexibility index (Phi) is 5.42. The van der Waals surface area contributed by atoms with Gasteiger partial charge in [0, 0.05) is 0 Å². The van der Waals surface area contributed by atoms with Crippen molar-refractivity contribution in [3.05, 3.63) is 29.8 Å². The normalized spacial score (nSPS) is 12.1. The summed E-state index contributed by atoms with van der Waals surface area (Å²) < 4.78 is 29.2. The van der Waals surface area contributed by atoms with Gasteiger partial charge in [0.15, 0.2) is 0 Å². The second kappa shape index (κ2) is 5.78. The molecule has 0 aromatic heterocycles. The summed E-state index contributed by atoms with van der Waals surface area (Å²) in [5, 5.41) is 0. The third-order valence-corrected chi connectivity index (χ3v) is 1.77. The summed E-state index contributed by atoms with van der Waals surface area (Å²) in [6.07, 6.45) is -2.53. The van der Waals surface area contributed by atoms with Gasteiger partial charge in [0.1, 0.15) is 5.75 Å². The van der Waals surface area contributed by atoms with Crippen LogP contribution >= 0.6 is 12.4 Å². The Morgan fingerprint density at radius 1 is 1.21 bits per heavy atom. The summed E-state index contributed by atoms with van der Waals surface area (Å²) in [6, 6.07) is 5.08. The first-order chi connectivity index (χ1) is 6.15. The molecule has 0 aliphatic rings. The van der Waals surface area contributed by atoms with Gasteiger partial charge in [0.05, 0.1) is 13.2 Å². The number of nitrogens with two attached hydrogens (primary N) is 1. The minimum Gasteiger partial charge on any atom is -0.497 e. The fourth-order valence-corrected chi connectivity index (χ4v) is 0.972. The van der Waals surface area contributed by atoms with Crippen LogP contribution in [0.25, 0.3) is 0 Å². The lowest BCUT2D eigenvalue weighted by atomic mass is 10.1. The molecule has 2 N–H and O–H groups in total. The fourth-order valence-electron chi connectivity index (χ4n) is 0.972. The summed E-state index contributed by atoms with van der Waals surface area (Å²) in [6.45, 7) is 0. The highest BCUT2D eigenvalue weighted by Crippen LogP contribution is 2.20. The van der Waals surface area contributed by atoms with E-state index in [0.717, 1.165) is 0 Å². The van der Waals surface area contributed by atoms with Crippen LogP contribution in [0.3, 0.4) is 0 Å². The zero-order valence-electron chi connectivity index (χ0n) is 7.61. The summed E-state index contributed by atoms with van der Waals surface area (Å²) in [5.41, 5.74) is 5.65. The van der Waals surface area contributed by atoms with E-state index < -0.39 is 12.5 Å². The Balaban J connectivity index is 0.00000169. The number of methoxy groups -OCH3 is 1. The van der Waals surface area contributed by atoms with Crippen molar-refractivity contribution in [3.8, 4) is 5.75 Å². The van der Waals surface area contributed by atoms with Gasteiger partial charge in [-0.25, -0.2) is 8.78 Å². The molecule has 1 aromatic carbocycles. The van der Waals surface area contributed by atoms with Gasteiger partial charge in [-0.3, -0.25) is 0 Å². The zero-order valence-corrected chi connectivity index (χ0v) is 8.43. The lowest BCUT2D eigenvalue weighted by Crippen LogP contribution is -2.18. The quantitative estimate of drug-likeness (QED) is 0.854. The lowest BCUT2D eigenvalue weighted by molar-refractivity contribution is 0.116. The highest BCUT2D eigenvalue weighted by Gasteiger charge is 2.16. The summed E-state index contributed by atoms with van der Waals surface area (Å²) in [7, 11) is 1.52. The van der Waals surface area contributed by atoms with Crippen molar-refractivity contribution in [1.82, 2.24) is 0 Å². The van der Waals surface area contributed by atoms with Crippen molar-refractivity contribution in [2.24, 2.45) is 5.73 Å². The van der Waals surface area contributed by atoms with Crippen molar-refractivity contribution in [2.75, 3.05) is 7.11 Å². The highest BCUT2D eigenvalue weighted by molar-refractivity contribution is 5.85. The van der Waals surface area contributed by atoms with Crippen molar-refractivity contribution < 1.29 is 13.5 Å². The molecule has 0 aliphatic heterocycles. The number of alkyl halides is 2. The van der Waals surface area contributed by atoms with Crippen molar-refractivity contribution in [3.63, 3.8) is 0 Å². The minimum atomic E-state index is -2.53. The van der Waals surface area contributed by atoms with Crippen LogP contribution in [0.1, 0.15) is 11.6 Å². The predicted octanol–water partition coefficient (Wildman–Crippen LogP) is 2.38. The van der Waals surface area contributed by atoms with E-state index in [1.807, 2.05) is 0 Å². The summed E-state index contributed by atoms with van der Waals surface area (Å²) in [5.74, 6) is 0.630. The SMILES string of the molecule is COc1ccc([C@@H](N)C(F)F)cc1.Cl. The second-order valence-corrected chi connectivity index (χ2v) is 2.63. The Morgan fingerprint density at radius 2 is 1.71 bits per heavy atom. The number of ether oxygens (including phenoxy) is 1. The third-order valence-electron chi connectivity index (χ3n) is 1.77. The van der Waals surface area contributed by atoms with Gasteiger partial charge in [-0.2, -0.15) is 0 Å². The number of halogens is 3. The maximum Gasteiger partial charge on any atom is 0.257 e. The van der Waals surface area contributed by atoms with Gasteiger partial charge in [-0.15, -0.1) is 12.4 Å². The van der Waals surface area contributed by atoms with Crippen molar-refractivity contribution in [2.45, 2.75) is 12.5 Å². The number of rotatable bonds is 3. The van der Waals surface area contributed by atoms with Gasteiger partial charge in [0.25, 0.3) is 6.43 Å². The average molecular weight is 224 g/mol. The lowest BCUT2D eigenvalue weighted by Gasteiger charge is -2.10. The molecule has 0 aliphatic carbocycles. The van der Waals surface area contributed by atoms with Crippen LogP contribution in [-0.4, -0.2) is 13.5 Å². The van der Waals surface area contributed by atoms with E-state index in [0.29, 0.717) is 11.3 Å². The van der Waals surface area contributed by atoms with Gasteiger partial charge in [0.2, 0.25) is 0 Å². The number of hydrogen-bond donors (Lipinski definition) is 1. The Bertz CT molecular complexity index is 266. The molecule has 5 heteroatoms. The molecule has 0 unspecified atom stereocenters. The van der Waals surface area contributed by atoms with Crippen LogP contribution < -0.4 is 10.5 Å². The second-order valence-electron chi connectivity index (χ2n) is 2.63. The molecule has 0 saturated carbocycles. The molecule has 0 heterocycles. The van der Waals surface area contributed by atoms with E-state index in [1.54, 1.807) is 12.1 Å². The van der Waals surface area contributed by atoms with Crippen LogP contribution in [-0.2, 0) is 0 Å². The monoisotopic (exact) mass is 223 g/mol. The van der Waals surface area contributed by atoms with E-state index in [-0.39, 0.29) is 12.4 Å². The fraction of sp³-hybridized carbons (Fsp3) is 0.333. The molecule has 0 bridgehead atoms. The van der Waals surface area contributed by atoms with Crippen LogP contribution in [0.5, 0.6) is 5.75 Å². The molecule has 0 amide bonds. The third kappa shape index (κ3) is 3.12. The Labute approximate surface area is 87.5 Å². The first-order valence-electron chi connectivity index (χ1n) is 3.83. The molecular formula is C9H12ClF2NO. The van der Waals surface area contributed by atoms with Crippen molar-refractivity contribution >= 4 is 12.4 Å². The van der Waals surface area contributed by atoms with Crippen LogP contribution in [0.15, 0.2) is 24.3 Å². The molecule has 1 aromatic rings. The topological polar surface area (TPSA) is 35.2 Å². The molecule has 0 fully saturated rings. The largest absolute Gasteiger partial charge is 0.497 e. The molecule has 0 radical (unpaired) electrons. The van der Waals surface area contributed by atoms with Crippen molar-refractivity contribution in [1.29, 1.82) is 0 Å². The van der Waals surface area contributed by atoms with Gasteiger partial charge >= 0.3 is 0 Å². The molecule has 0 spiro atoms. The van der Waals surface area contributed by atoms with E-state index in [9.17, 15) is 8.78 Å². The standard InChI is InChI=1S/C9H11F2NO.ClH/c1-13-7-4-2-6(3-5-7)8(12)9(10)11;/h2-5,8-9H,12H2,1H3;1H/t8-;/m1./s1. The molecule has 2 nitrogen and oxygen atoms in total. The summed E-state index contributed by atoms with van der Waals surface area (Å²) >= 11 is 0. The molecule has 80 valence electrons. The van der Waals surface area contributed by atoms with Gasteiger partial charge in [-0.05, 0) is 17.7 Å². The van der Waals surface area contributed by atoms with E-state index in [1.165, 1.54) is 19.2 Å². The Hall–Kier alpha value is -0.870. The maximum absolute atomic E-state index is 12.1. The number of benzene rings is 1.